The van der Waals surface area contributed by atoms with Crippen molar-refractivity contribution < 1.29 is 9.90 Å². The van der Waals surface area contributed by atoms with E-state index in [4.69, 9.17) is 0 Å². The van der Waals surface area contributed by atoms with Gasteiger partial charge in [0.05, 0.1) is 17.2 Å². The van der Waals surface area contributed by atoms with Gasteiger partial charge in [0.1, 0.15) is 5.71 Å². The molecule has 1 aromatic carbocycles. The van der Waals surface area contributed by atoms with Gasteiger partial charge in [0.25, 0.3) is 5.56 Å². The molecule has 0 fully saturated rings. The fourth-order valence-electron chi connectivity index (χ4n) is 3.21. The monoisotopic (exact) mass is 354 g/mol. The first-order valence-electron chi connectivity index (χ1n) is 8.75. The van der Waals surface area contributed by atoms with Crippen molar-refractivity contribution in [2.75, 3.05) is 5.43 Å². The van der Waals surface area contributed by atoms with Gasteiger partial charge in [0, 0.05) is 12.2 Å². The van der Waals surface area contributed by atoms with Gasteiger partial charge in [0.2, 0.25) is 0 Å². The van der Waals surface area contributed by atoms with Crippen LogP contribution in [0.15, 0.2) is 46.4 Å². The Kier molecular flexibility index (Phi) is 5.16. The second-order valence-electron chi connectivity index (χ2n) is 6.44. The summed E-state index contributed by atoms with van der Waals surface area (Å²) in [6.45, 7) is 3.70. The summed E-state index contributed by atoms with van der Waals surface area (Å²) in [5.74, 6) is -1.35. The van der Waals surface area contributed by atoms with Crippen molar-refractivity contribution in [2.24, 2.45) is 5.10 Å². The zero-order valence-electron chi connectivity index (χ0n) is 14.8. The topological polar surface area (TPSA) is 96.6 Å². The van der Waals surface area contributed by atoms with Gasteiger partial charge in [-0.1, -0.05) is 25.1 Å². The Morgan fingerprint density at radius 1 is 1.42 bits per heavy atom. The summed E-state index contributed by atoms with van der Waals surface area (Å²) < 4.78 is 1.58. The summed E-state index contributed by atoms with van der Waals surface area (Å²) in [5.41, 5.74) is 4.48. The number of nitrogens with zero attached hydrogens (tertiary/aromatic N) is 3. The van der Waals surface area contributed by atoms with Gasteiger partial charge in [-0.2, -0.15) is 5.10 Å². The van der Waals surface area contributed by atoms with Crippen molar-refractivity contribution in [3.63, 3.8) is 0 Å². The predicted octanol–water partition coefficient (Wildman–Crippen LogP) is 2.99. The van der Waals surface area contributed by atoms with Crippen molar-refractivity contribution in [3.8, 4) is 0 Å². The van der Waals surface area contributed by atoms with Crippen LogP contribution >= 0.6 is 0 Å². The van der Waals surface area contributed by atoms with Gasteiger partial charge in [-0.15, -0.1) is 0 Å². The lowest BCUT2D eigenvalue weighted by Crippen LogP contribution is -2.37. The number of hydrogen-bond donors (Lipinski definition) is 2. The van der Waals surface area contributed by atoms with E-state index in [0.717, 1.165) is 12.1 Å². The number of aliphatic carboxylic acids is 1. The Labute approximate surface area is 151 Å². The van der Waals surface area contributed by atoms with Gasteiger partial charge >= 0.3 is 5.97 Å². The molecular formula is C19H22N4O3. The third-order valence-electron chi connectivity index (χ3n) is 4.69. The van der Waals surface area contributed by atoms with E-state index in [-0.39, 0.29) is 17.2 Å². The molecule has 0 bridgehead atoms. The maximum absolute atomic E-state index is 12.9. The Bertz CT molecular complexity index is 889. The number of anilines is 1. The third kappa shape index (κ3) is 3.37. The van der Waals surface area contributed by atoms with Gasteiger partial charge in [-0.3, -0.25) is 19.6 Å². The van der Waals surface area contributed by atoms with Crippen LogP contribution in [0.3, 0.4) is 0 Å². The summed E-state index contributed by atoms with van der Waals surface area (Å²) in [5, 5.41) is 13.8. The second-order valence-corrected chi connectivity index (χ2v) is 6.44. The molecule has 0 spiro atoms. The molecule has 1 aliphatic rings. The minimum atomic E-state index is -1.00. The number of para-hydroxylation sites is 1. The van der Waals surface area contributed by atoms with E-state index < -0.39 is 11.9 Å². The number of carboxylic acids is 1. The average Bonchev–Trinajstić information content (AvgIpc) is 2.64. The molecule has 3 rings (SSSR count). The minimum absolute atomic E-state index is 0.0491. The number of hydrazone groups is 1. The van der Waals surface area contributed by atoms with Gasteiger partial charge in [0.15, 0.2) is 5.82 Å². The summed E-state index contributed by atoms with van der Waals surface area (Å²) in [6.07, 6.45) is 3.18. The summed E-state index contributed by atoms with van der Waals surface area (Å²) in [7, 11) is 0. The Hall–Kier alpha value is -2.96. The summed E-state index contributed by atoms with van der Waals surface area (Å²) >= 11 is 0. The molecule has 7 nitrogen and oxygen atoms in total. The van der Waals surface area contributed by atoms with Crippen LogP contribution < -0.4 is 11.0 Å². The van der Waals surface area contributed by atoms with E-state index >= 15 is 0 Å². The quantitative estimate of drug-likeness (QED) is 0.805. The normalized spacial score (nSPS) is 19.0. The Morgan fingerprint density at radius 2 is 2.15 bits per heavy atom. The molecule has 2 atom stereocenters. The molecule has 1 aliphatic heterocycles. The number of nitrogens with one attached hydrogen (secondary N) is 1. The van der Waals surface area contributed by atoms with Crippen LogP contribution in [0.4, 0.5) is 5.69 Å². The highest BCUT2D eigenvalue weighted by Crippen LogP contribution is 2.24. The molecular weight excluding hydrogens is 332 g/mol. The van der Waals surface area contributed by atoms with Crippen molar-refractivity contribution >= 4 is 17.4 Å². The molecule has 2 N–H and O–H groups in total. The molecule has 0 aliphatic carbocycles. The van der Waals surface area contributed by atoms with Crippen molar-refractivity contribution in [1.29, 1.82) is 0 Å². The highest BCUT2D eigenvalue weighted by Gasteiger charge is 2.28. The van der Waals surface area contributed by atoms with E-state index in [2.05, 4.69) is 15.5 Å². The van der Waals surface area contributed by atoms with Gasteiger partial charge < -0.3 is 5.11 Å². The number of carboxylic acid groups (broad SMARTS) is 1. The first-order valence-corrected chi connectivity index (χ1v) is 8.75. The van der Waals surface area contributed by atoms with Crippen LogP contribution in [0.1, 0.15) is 56.5 Å². The molecule has 2 heterocycles. The van der Waals surface area contributed by atoms with E-state index in [9.17, 15) is 14.7 Å². The second kappa shape index (κ2) is 7.51. The number of aromatic nitrogens is 2. The zero-order valence-corrected chi connectivity index (χ0v) is 14.8. The van der Waals surface area contributed by atoms with Gasteiger partial charge in [-0.05, 0) is 38.3 Å². The minimum Gasteiger partial charge on any atom is -0.481 e. The van der Waals surface area contributed by atoms with E-state index in [1.54, 1.807) is 11.5 Å². The molecule has 0 amide bonds. The number of fused-ring (bicyclic) bond motifs is 1. The molecule has 2 unspecified atom stereocenters. The number of hydrogen-bond acceptors (Lipinski definition) is 5. The van der Waals surface area contributed by atoms with Crippen LogP contribution in [0.2, 0.25) is 0 Å². The van der Waals surface area contributed by atoms with Crippen molar-refractivity contribution in [2.45, 2.75) is 45.1 Å². The van der Waals surface area contributed by atoms with Crippen LogP contribution in [0.25, 0.3) is 0 Å². The van der Waals surface area contributed by atoms with E-state index in [1.807, 2.05) is 37.3 Å². The molecule has 0 radical (unpaired) electrons. The first kappa shape index (κ1) is 17.8. The SMILES string of the molecule is CCC(C(=O)O)c1cnc2n(c1=O)C(C)CCC2=NNc1ccccc1. The van der Waals surface area contributed by atoms with Crippen LogP contribution in [-0.4, -0.2) is 26.3 Å². The van der Waals surface area contributed by atoms with Crippen molar-refractivity contribution in [1.82, 2.24) is 9.55 Å². The molecule has 0 saturated heterocycles. The number of rotatable bonds is 5. The van der Waals surface area contributed by atoms with Crippen LogP contribution in [0.5, 0.6) is 0 Å². The fraction of sp³-hybridized carbons (Fsp3) is 0.368. The molecule has 7 heteroatoms. The van der Waals surface area contributed by atoms with Crippen LogP contribution in [0, 0.1) is 0 Å². The highest BCUT2D eigenvalue weighted by atomic mass is 16.4. The summed E-state index contributed by atoms with van der Waals surface area (Å²) in [6, 6.07) is 9.49. The highest BCUT2D eigenvalue weighted by molar-refractivity contribution is 5.98. The predicted molar refractivity (Wildman–Crippen MR) is 99.7 cm³/mol. The molecule has 136 valence electrons. The van der Waals surface area contributed by atoms with E-state index in [1.165, 1.54) is 6.20 Å². The molecule has 26 heavy (non-hydrogen) atoms. The maximum atomic E-state index is 12.9. The fourth-order valence-corrected chi connectivity index (χ4v) is 3.21. The Balaban J connectivity index is 2.01. The smallest absolute Gasteiger partial charge is 0.311 e. The average molecular weight is 354 g/mol. The molecule has 2 aromatic rings. The standard InChI is InChI=1S/C19H22N4O3/c1-3-14(19(25)26)15-11-20-17-16(10-9-12(2)23(17)18(15)24)22-21-13-7-5-4-6-8-13/h4-8,11-12,14,21H,3,9-10H2,1-2H3,(H,25,26). The Morgan fingerprint density at radius 3 is 2.81 bits per heavy atom. The first-order chi connectivity index (χ1) is 12.5. The van der Waals surface area contributed by atoms with E-state index in [0.29, 0.717) is 24.4 Å². The third-order valence-corrected chi connectivity index (χ3v) is 4.69. The molecule has 1 aromatic heterocycles. The molecule has 0 saturated carbocycles. The lowest BCUT2D eigenvalue weighted by molar-refractivity contribution is -0.138. The lowest BCUT2D eigenvalue weighted by Gasteiger charge is -2.26. The van der Waals surface area contributed by atoms with Gasteiger partial charge in [-0.25, -0.2) is 4.98 Å². The van der Waals surface area contributed by atoms with Crippen molar-refractivity contribution in [3.05, 3.63) is 58.3 Å². The number of carbonyl (C=O) groups is 1. The summed E-state index contributed by atoms with van der Waals surface area (Å²) in [4.78, 5) is 28.8. The lowest BCUT2D eigenvalue weighted by atomic mass is 9.97. The van der Waals surface area contributed by atoms with Crippen LogP contribution in [-0.2, 0) is 4.79 Å². The largest absolute Gasteiger partial charge is 0.481 e. The number of benzene rings is 1. The zero-order chi connectivity index (χ0) is 18.7. The maximum Gasteiger partial charge on any atom is 0.311 e.